The molecule has 0 aliphatic carbocycles. The largest absolute Gasteiger partial charge is 0.462 e. The lowest BCUT2D eigenvalue weighted by molar-refractivity contribution is -0.124. The Bertz CT molecular complexity index is 1150. The summed E-state index contributed by atoms with van der Waals surface area (Å²) in [7, 11) is 0. The molecule has 0 aliphatic rings. The number of rotatable bonds is 5. The molecular formula is C27H30N2O4. The number of H-pyrrole nitrogens is 1. The summed E-state index contributed by atoms with van der Waals surface area (Å²) < 4.78 is 5.27. The smallest absolute Gasteiger partial charge is 0.340 e. The zero-order valence-electron chi connectivity index (χ0n) is 20.0. The van der Waals surface area contributed by atoms with Crippen LogP contribution in [0.15, 0.2) is 54.6 Å². The molecule has 6 nitrogen and oxygen atoms in total. The molecule has 2 amide bonds. The van der Waals surface area contributed by atoms with Gasteiger partial charge in [-0.05, 0) is 47.2 Å². The number of esters is 1. The van der Waals surface area contributed by atoms with E-state index in [4.69, 9.17) is 4.74 Å². The van der Waals surface area contributed by atoms with Gasteiger partial charge in [-0.1, -0.05) is 57.2 Å². The lowest BCUT2D eigenvalue weighted by Crippen LogP contribution is -2.32. The lowest BCUT2D eigenvalue weighted by atomic mass is 9.86. The zero-order chi connectivity index (χ0) is 24.3. The van der Waals surface area contributed by atoms with Crippen molar-refractivity contribution in [1.29, 1.82) is 0 Å². The third kappa shape index (κ3) is 5.22. The molecular weight excluding hydrogens is 416 g/mol. The first-order chi connectivity index (χ1) is 15.5. The van der Waals surface area contributed by atoms with E-state index in [1.54, 1.807) is 37.3 Å². The Labute approximate surface area is 194 Å². The van der Waals surface area contributed by atoms with E-state index < -0.39 is 5.97 Å². The van der Waals surface area contributed by atoms with Crippen LogP contribution in [-0.2, 0) is 19.7 Å². The molecule has 0 unspecified atom stereocenters. The maximum Gasteiger partial charge on any atom is 0.340 e. The molecule has 33 heavy (non-hydrogen) atoms. The fourth-order valence-electron chi connectivity index (χ4n) is 3.72. The van der Waals surface area contributed by atoms with Crippen molar-refractivity contribution in [1.82, 2.24) is 4.98 Å². The molecule has 3 aromatic rings. The Morgan fingerprint density at radius 2 is 1.42 bits per heavy atom. The Balaban J connectivity index is 2.04. The minimum absolute atomic E-state index is 0.0465. The molecule has 0 fully saturated rings. The monoisotopic (exact) mass is 446 g/mol. The van der Waals surface area contributed by atoms with Crippen LogP contribution >= 0.6 is 0 Å². The van der Waals surface area contributed by atoms with Crippen LogP contribution < -0.4 is 4.90 Å². The van der Waals surface area contributed by atoms with Gasteiger partial charge in [-0.15, -0.1) is 0 Å². The van der Waals surface area contributed by atoms with Crippen molar-refractivity contribution in [3.8, 4) is 22.5 Å². The van der Waals surface area contributed by atoms with Crippen molar-refractivity contribution >= 4 is 23.5 Å². The third-order valence-electron chi connectivity index (χ3n) is 5.42. The van der Waals surface area contributed by atoms with Gasteiger partial charge in [0.2, 0.25) is 11.8 Å². The Morgan fingerprint density at radius 3 is 1.91 bits per heavy atom. The summed E-state index contributed by atoms with van der Waals surface area (Å²) in [5.41, 5.74) is 5.28. The first-order valence-corrected chi connectivity index (χ1v) is 11.0. The summed E-state index contributed by atoms with van der Waals surface area (Å²) in [6.07, 6.45) is 0. The SMILES string of the molecule is CCOC(=O)c1cc(-c2ccc(C(C)(C)C)cc2)[nH]c1-c1ccc(N(C(C)=O)C(C)=O)cc1. The summed E-state index contributed by atoms with van der Waals surface area (Å²) in [6.45, 7) is 11.2. The van der Waals surface area contributed by atoms with Crippen molar-refractivity contribution in [3.63, 3.8) is 0 Å². The average molecular weight is 447 g/mol. The lowest BCUT2D eigenvalue weighted by Gasteiger charge is -2.19. The van der Waals surface area contributed by atoms with Crippen molar-refractivity contribution in [3.05, 3.63) is 65.7 Å². The van der Waals surface area contributed by atoms with E-state index in [9.17, 15) is 14.4 Å². The van der Waals surface area contributed by atoms with Crippen LogP contribution in [0.25, 0.3) is 22.5 Å². The highest BCUT2D eigenvalue weighted by Crippen LogP contribution is 2.32. The van der Waals surface area contributed by atoms with Gasteiger partial charge in [-0.25, -0.2) is 4.79 Å². The minimum Gasteiger partial charge on any atom is -0.462 e. The number of carbonyl (C=O) groups is 3. The average Bonchev–Trinajstić information content (AvgIpc) is 3.19. The fourth-order valence-corrected chi connectivity index (χ4v) is 3.72. The molecule has 1 aromatic heterocycles. The minimum atomic E-state index is -0.417. The summed E-state index contributed by atoms with van der Waals surface area (Å²) >= 11 is 0. The van der Waals surface area contributed by atoms with E-state index in [2.05, 4.69) is 37.9 Å². The molecule has 1 N–H and O–H groups in total. The molecule has 0 saturated carbocycles. The van der Waals surface area contributed by atoms with Gasteiger partial charge in [-0.3, -0.25) is 14.5 Å². The van der Waals surface area contributed by atoms with Gasteiger partial charge in [-0.2, -0.15) is 0 Å². The number of hydrogen-bond acceptors (Lipinski definition) is 4. The molecule has 0 radical (unpaired) electrons. The molecule has 6 heteroatoms. The predicted molar refractivity (Wildman–Crippen MR) is 130 cm³/mol. The number of ether oxygens (including phenoxy) is 1. The topological polar surface area (TPSA) is 79.5 Å². The van der Waals surface area contributed by atoms with Crippen molar-refractivity contribution in [2.24, 2.45) is 0 Å². The molecule has 172 valence electrons. The Morgan fingerprint density at radius 1 is 0.879 bits per heavy atom. The van der Waals surface area contributed by atoms with Gasteiger partial charge in [0, 0.05) is 19.5 Å². The van der Waals surface area contributed by atoms with Crippen LogP contribution in [0.5, 0.6) is 0 Å². The predicted octanol–water partition coefficient (Wildman–Crippen LogP) is 5.72. The molecule has 0 aliphatic heterocycles. The van der Waals surface area contributed by atoms with Gasteiger partial charge >= 0.3 is 5.97 Å². The summed E-state index contributed by atoms with van der Waals surface area (Å²) in [5, 5.41) is 0. The van der Waals surface area contributed by atoms with E-state index in [0.29, 0.717) is 16.9 Å². The van der Waals surface area contributed by atoms with Crippen LogP contribution in [0, 0.1) is 0 Å². The van der Waals surface area contributed by atoms with E-state index >= 15 is 0 Å². The number of anilines is 1. The summed E-state index contributed by atoms with van der Waals surface area (Å²) in [4.78, 5) is 40.8. The highest BCUT2D eigenvalue weighted by molar-refractivity contribution is 6.13. The second kappa shape index (κ2) is 9.45. The van der Waals surface area contributed by atoms with E-state index in [-0.39, 0.29) is 23.8 Å². The molecule has 0 spiro atoms. The number of aromatic amines is 1. The van der Waals surface area contributed by atoms with E-state index in [1.807, 2.05) is 12.1 Å². The molecule has 2 aromatic carbocycles. The highest BCUT2D eigenvalue weighted by atomic mass is 16.5. The molecule has 0 bridgehead atoms. The van der Waals surface area contributed by atoms with Crippen molar-refractivity contribution in [2.75, 3.05) is 11.5 Å². The Hall–Kier alpha value is -3.67. The maximum atomic E-state index is 12.7. The second-order valence-corrected chi connectivity index (χ2v) is 8.94. The molecule has 0 atom stereocenters. The van der Waals surface area contributed by atoms with Crippen LogP contribution in [0.2, 0.25) is 0 Å². The van der Waals surface area contributed by atoms with Crippen LogP contribution in [0.4, 0.5) is 5.69 Å². The molecule has 0 saturated heterocycles. The summed E-state index contributed by atoms with van der Waals surface area (Å²) in [6, 6.07) is 17.0. The normalized spacial score (nSPS) is 11.2. The van der Waals surface area contributed by atoms with Gasteiger partial charge in [0.15, 0.2) is 0 Å². The van der Waals surface area contributed by atoms with Gasteiger partial charge < -0.3 is 9.72 Å². The third-order valence-corrected chi connectivity index (χ3v) is 5.42. The number of imide groups is 1. The molecule has 1 heterocycles. The van der Waals surface area contributed by atoms with Crippen molar-refractivity contribution < 1.29 is 19.1 Å². The molecule has 3 rings (SSSR count). The number of hydrogen-bond donors (Lipinski definition) is 1. The number of nitrogens with zero attached hydrogens (tertiary/aromatic N) is 1. The number of aromatic nitrogens is 1. The van der Waals surface area contributed by atoms with Crippen LogP contribution in [0.1, 0.15) is 57.5 Å². The summed E-state index contributed by atoms with van der Waals surface area (Å²) in [5.74, 6) is -1.13. The standard InChI is InChI=1S/C27H30N2O4/c1-7-33-26(32)23-16-24(19-8-12-21(13-9-19)27(4,5)6)28-25(23)20-10-14-22(15-11-20)29(17(2)30)18(3)31/h8-16,28H,7H2,1-6H3. The van der Waals surface area contributed by atoms with Gasteiger partial charge in [0.1, 0.15) is 0 Å². The van der Waals surface area contributed by atoms with Gasteiger partial charge in [0.05, 0.1) is 23.6 Å². The van der Waals surface area contributed by atoms with Crippen LogP contribution in [0.3, 0.4) is 0 Å². The van der Waals surface area contributed by atoms with Crippen LogP contribution in [-0.4, -0.2) is 29.4 Å². The number of nitrogens with one attached hydrogen (secondary N) is 1. The zero-order valence-corrected chi connectivity index (χ0v) is 20.0. The quantitative estimate of drug-likeness (QED) is 0.508. The van der Waals surface area contributed by atoms with E-state index in [0.717, 1.165) is 21.7 Å². The number of benzene rings is 2. The first kappa shape index (κ1) is 24.0. The second-order valence-electron chi connectivity index (χ2n) is 8.94. The van der Waals surface area contributed by atoms with Crippen molar-refractivity contribution in [2.45, 2.75) is 47.0 Å². The van der Waals surface area contributed by atoms with Gasteiger partial charge in [0.25, 0.3) is 0 Å². The first-order valence-electron chi connectivity index (χ1n) is 11.0. The fraction of sp³-hybridized carbons (Fsp3) is 0.296. The number of carbonyl (C=O) groups excluding carboxylic acids is 3. The maximum absolute atomic E-state index is 12.7. The Kier molecular flexibility index (Phi) is 6.86. The van der Waals surface area contributed by atoms with E-state index in [1.165, 1.54) is 19.4 Å². The highest BCUT2D eigenvalue weighted by Gasteiger charge is 2.21. The number of amides is 2.